The molecule has 0 radical (unpaired) electrons. The zero-order valence-corrected chi connectivity index (χ0v) is 16.5. The Labute approximate surface area is 131 Å². The third-order valence-corrected chi connectivity index (χ3v) is 9.70. The van der Waals surface area contributed by atoms with E-state index in [1.54, 1.807) is 6.08 Å². The van der Waals surface area contributed by atoms with Crippen molar-refractivity contribution in [3.8, 4) is 0 Å². The summed E-state index contributed by atoms with van der Waals surface area (Å²) >= 11 is 0. The summed E-state index contributed by atoms with van der Waals surface area (Å²) in [6, 6.07) is 9.51. The summed E-state index contributed by atoms with van der Waals surface area (Å²) in [5.41, 5.74) is 1.83. The fraction of sp³-hybridized carbons (Fsp3) is 0.562. The van der Waals surface area contributed by atoms with Crippen molar-refractivity contribution in [1.29, 1.82) is 0 Å². The van der Waals surface area contributed by atoms with E-state index in [2.05, 4.69) is 43.7 Å². The van der Waals surface area contributed by atoms with E-state index < -0.39 is 13.9 Å². The van der Waals surface area contributed by atoms with Crippen LogP contribution in [0.25, 0.3) is 0 Å². The van der Waals surface area contributed by atoms with Crippen LogP contribution in [0.4, 0.5) is 0 Å². The Balaban J connectivity index is 2.97. The van der Waals surface area contributed by atoms with Crippen molar-refractivity contribution in [3.63, 3.8) is 0 Å². The lowest BCUT2D eigenvalue weighted by Crippen LogP contribution is -2.32. The maximum absolute atomic E-state index is 10.6. The third-order valence-electron chi connectivity index (χ3n) is 3.82. The maximum Gasteiger partial charge on any atom is 0.235 e. The predicted molar refractivity (Wildman–Crippen MR) is 93.8 cm³/mol. The van der Waals surface area contributed by atoms with Crippen LogP contribution in [0.1, 0.15) is 37.8 Å². The molecule has 1 aromatic carbocycles. The first-order valence-corrected chi connectivity index (χ1v) is 12.7. The first-order valence-electron chi connectivity index (χ1n) is 7.55. The fourth-order valence-corrected chi connectivity index (χ4v) is 8.02. The second kappa shape index (κ2) is 7.32. The van der Waals surface area contributed by atoms with Crippen LogP contribution in [-0.2, 0) is 14.4 Å². The number of carbonyl (C=O) groups excluding carboxylic acids is 1. The average molecular weight is 322 g/mol. The minimum absolute atomic E-state index is 0.346. The molecule has 0 fully saturated rings. The van der Waals surface area contributed by atoms with Crippen LogP contribution in [-0.4, -0.2) is 24.2 Å². The molecular weight excluding hydrogens is 294 g/mol. The van der Waals surface area contributed by atoms with E-state index in [4.69, 9.17) is 4.12 Å². The van der Waals surface area contributed by atoms with Crippen molar-refractivity contribution in [2.24, 2.45) is 4.99 Å². The first kappa shape index (κ1) is 18.0. The maximum atomic E-state index is 10.6. The Morgan fingerprint density at radius 1 is 1.43 bits per heavy atom. The molecule has 5 heteroatoms. The zero-order valence-electron chi connectivity index (χ0n) is 14.1. The molecule has 21 heavy (non-hydrogen) atoms. The van der Waals surface area contributed by atoms with Crippen molar-refractivity contribution in [1.82, 2.24) is 0 Å². The minimum Gasteiger partial charge on any atom is -0.461 e. The van der Waals surface area contributed by atoms with Crippen LogP contribution in [0.15, 0.2) is 29.3 Å². The van der Waals surface area contributed by atoms with Crippen LogP contribution < -0.4 is 0 Å². The molecule has 0 aliphatic rings. The number of nitrogens with zero attached hydrogens (tertiary/aromatic N) is 1. The molecule has 0 aliphatic heterocycles. The van der Waals surface area contributed by atoms with Crippen molar-refractivity contribution in [2.45, 2.75) is 57.9 Å². The molecule has 0 heterocycles. The van der Waals surface area contributed by atoms with E-state index in [9.17, 15) is 4.79 Å². The van der Waals surface area contributed by atoms with E-state index in [1.807, 2.05) is 26.0 Å². The Morgan fingerprint density at radius 3 is 2.67 bits per heavy atom. The summed E-state index contributed by atoms with van der Waals surface area (Å²) in [5, 5.41) is 0. The van der Waals surface area contributed by atoms with Gasteiger partial charge in [-0.2, -0.15) is 4.99 Å². The molecule has 1 unspecified atom stereocenters. The van der Waals surface area contributed by atoms with Gasteiger partial charge in [0.2, 0.25) is 6.08 Å². The number of rotatable bonds is 7. The number of hydrogen-bond acceptors (Lipinski definition) is 3. The second-order valence-electron chi connectivity index (χ2n) is 6.69. The van der Waals surface area contributed by atoms with Gasteiger partial charge >= 0.3 is 0 Å². The summed E-state index contributed by atoms with van der Waals surface area (Å²) in [6.07, 6.45) is 1.68. The van der Waals surface area contributed by atoms with Crippen LogP contribution >= 0.6 is 0 Å². The molecule has 3 nitrogen and oxygen atoms in total. The second-order valence-corrected chi connectivity index (χ2v) is 12.3. The van der Waals surface area contributed by atoms with Crippen molar-refractivity contribution in [3.05, 3.63) is 35.4 Å². The molecule has 0 saturated heterocycles. The number of aliphatic imine (C=N–C) groups is 1. The van der Waals surface area contributed by atoms with Crippen LogP contribution in [0.3, 0.4) is 0 Å². The van der Waals surface area contributed by atoms with E-state index in [0.29, 0.717) is 5.92 Å². The van der Waals surface area contributed by atoms with Crippen LogP contribution in [0.2, 0.25) is 25.7 Å². The predicted octanol–water partition coefficient (Wildman–Crippen LogP) is 3.71. The molecule has 116 valence electrons. The highest BCUT2D eigenvalue weighted by atomic mass is 28.4. The number of hydrogen-bond donors (Lipinski definition) is 0. The van der Waals surface area contributed by atoms with Gasteiger partial charge in [-0.3, -0.25) is 0 Å². The van der Waals surface area contributed by atoms with Crippen LogP contribution in [0, 0.1) is 0 Å². The number of benzene rings is 1. The highest BCUT2D eigenvalue weighted by Crippen LogP contribution is 2.31. The minimum atomic E-state index is -1.55. The molecule has 1 aromatic rings. The highest BCUT2D eigenvalue weighted by Gasteiger charge is 2.26. The first-order chi connectivity index (χ1) is 9.72. The Kier molecular flexibility index (Phi) is 6.29. The molecular formula is C16H27NO2Si2. The zero-order chi connectivity index (χ0) is 16.1. The van der Waals surface area contributed by atoms with Gasteiger partial charge in [0.05, 0.1) is 5.54 Å². The van der Waals surface area contributed by atoms with Gasteiger partial charge in [0.15, 0.2) is 8.32 Å². The summed E-state index contributed by atoms with van der Waals surface area (Å²) in [4.78, 5) is 14.5. The Hall–Kier alpha value is -1.01. The van der Waals surface area contributed by atoms with E-state index >= 15 is 0 Å². The van der Waals surface area contributed by atoms with Crippen molar-refractivity contribution < 1.29 is 8.91 Å². The molecule has 0 aromatic heterocycles. The lowest BCUT2D eigenvalue weighted by molar-refractivity contribution is 0.522. The standard InChI is InChI=1S/C16H27NO2Si2/c1-13(11-21(5,6)19-20-4)14-8-7-9-15(10-14)16(2,3)17-12-18/h7-10,13H,11,20H2,1-6H3. The SMILES string of the molecule is C[SiH2]O[Si](C)(C)CC(C)c1cccc(C(C)(C)N=C=O)c1. The van der Waals surface area contributed by atoms with E-state index in [1.165, 1.54) is 5.56 Å². The monoisotopic (exact) mass is 321 g/mol. The normalized spacial score (nSPS) is 14.2. The lowest BCUT2D eigenvalue weighted by Gasteiger charge is -2.27. The smallest absolute Gasteiger partial charge is 0.235 e. The highest BCUT2D eigenvalue weighted by molar-refractivity contribution is 6.75. The molecule has 0 aliphatic carbocycles. The van der Waals surface area contributed by atoms with Gasteiger partial charge in [0.25, 0.3) is 0 Å². The van der Waals surface area contributed by atoms with Crippen molar-refractivity contribution >= 4 is 24.2 Å². The average Bonchev–Trinajstić information content (AvgIpc) is 2.38. The van der Waals surface area contributed by atoms with E-state index in [0.717, 1.165) is 11.6 Å². The van der Waals surface area contributed by atoms with Gasteiger partial charge < -0.3 is 4.12 Å². The molecule has 0 N–H and O–H groups in total. The summed E-state index contributed by atoms with van der Waals surface area (Å²) < 4.78 is 6.07. The quantitative estimate of drug-likeness (QED) is 0.436. The molecule has 1 atom stereocenters. The van der Waals surface area contributed by atoms with Crippen LogP contribution in [0.5, 0.6) is 0 Å². The summed E-state index contributed by atoms with van der Waals surface area (Å²) in [7, 11) is -1.90. The fourth-order valence-electron chi connectivity index (χ4n) is 2.71. The topological polar surface area (TPSA) is 38.7 Å². The van der Waals surface area contributed by atoms with Gasteiger partial charge in [-0.1, -0.05) is 37.7 Å². The summed E-state index contributed by atoms with van der Waals surface area (Å²) in [5.74, 6) is 0.461. The van der Waals surface area contributed by atoms with Gasteiger partial charge in [0.1, 0.15) is 9.76 Å². The van der Waals surface area contributed by atoms with Gasteiger partial charge in [-0.15, -0.1) is 0 Å². The van der Waals surface area contributed by atoms with Gasteiger partial charge in [-0.05, 0) is 50.0 Å². The van der Waals surface area contributed by atoms with Crippen molar-refractivity contribution in [2.75, 3.05) is 0 Å². The molecule has 0 bridgehead atoms. The molecule has 0 spiro atoms. The Morgan fingerprint density at radius 2 is 2.10 bits per heavy atom. The van der Waals surface area contributed by atoms with E-state index in [-0.39, 0.29) is 9.76 Å². The lowest BCUT2D eigenvalue weighted by atomic mass is 9.91. The summed E-state index contributed by atoms with van der Waals surface area (Å²) in [6.45, 7) is 12.9. The molecule has 0 saturated carbocycles. The van der Waals surface area contributed by atoms with Gasteiger partial charge in [-0.25, -0.2) is 4.79 Å². The van der Waals surface area contributed by atoms with Gasteiger partial charge in [0, 0.05) is 0 Å². The molecule has 0 amide bonds. The largest absolute Gasteiger partial charge is 0.461 e. The Bertz CT molecular complexity index is 523. The molecule has 1 rings (SSSR count). The third kappa shape index (κ3) is 5.36. The number of isocyanates is 1.